The SMILES string of the molecule is CC(C)(C)N=C/C=C(\N)C(=O)NCC(=O)Nc1nc(-c2cccc(C#N)c2)cs1. The second kappa shape index (κ2) is 9.61. The predicted octanol–water partition coefficient (Wildman–Crippen LogP) is 2.45. The summed E-state index contributed by atoms with van der Waals surface area (Å²) in [6.07, 6.45) is 2.86. The zero-order valence-corrected chi connectivity index (χ0v) is 17.2. The Kier molecular flexibility index (Phi) is 7.22. The molecule has 2 amide bonds. The molecule has 1 aromatic heterocycles. The minimum atomic E-state index is -0.561. The van der Waals surface area contributed by atoms with E-state index in [4.69, 9.17) is 11.0 Å². The second-order valence-corrected chi connectivity index (χ2v) is 7.89. The number of hydrogen-bond donors (Lipinski definition) is 3. The number of aliphatic imine (C=N–C) groups is 1. The van der Waals surface area contributed by atoms with Gasteiger partial charge in [-0.05, 0) is 39.0 Å². The molecule has 0 aliphatic carbocycles. The van der Waals surface area contributed by atoms with Crippen LogP contribution in [0.2, 0.25) is 0 Å². The molecule has 2 rings (SSSR count). The lowest BCUT2D eigenvalue weighted by molar-refractivity contribution is -0.121. The number of benzene rings is 1. The van der Waals surface area contributed by atoms with Crippen LogP contribution in [0.15, 0.2) is 46.4 Å². The van der Waals surface area contributed by atoms with Crippen molar-refractivity contribution in [1.29, 1.82) is 5.26 Å². The number of nitriles is 1. The number of rotatable bonds is 6. The summed E-state index contributed by atoms with van der Waals surface area (Å²) < 4.78 is 0. The maximum absolute atomic E-state index is 12.0. The van der Waals surface area contributed by atoms with Crippen molar-refractivity contribution in [3.8, 4) is 17.3 Å². The van der Waals surface area contributed by atoms with E-state index < -0.39 is 11.8 Å². The molecule has 0 unspecified atom stereocenters. The van der Waals surface area contributed by atoms with Crippen molar-refractivity contribution in [3.05, 3.63) is 47.0 Å². The Morgan fingerprint density at radius 2 is 2.14 bits per heavy atom. The van der Waals surface area contributed by atoms with Crippen LogP contribution in [0.25, 0.3) is 11.3 Å². The highest BCUT2D eigenvalue weighted by Gasteiger charge is 2.11. The van der Waals surface area contributed by atoms with E-state index in [2.05, 4.69) is 26.7 Å². The standard InChI is InChI=1S/C20H22N6O2S/c1-20(2,3)24-8-7-15(22)18(28)23-11-17(27)26-19-25-16(12-29-19)14-6-4-5-13(9-14)10-21/h4-9,12H,11,22H2,1-3H3,(H,23,28)(H,25,26,27)/b15-7-,24-8?. The summed E-state index contributed by atoms with van der Waals surface area (Å²) in [5.41, 5.74) is 7.32. The molecule has 2 aromatic rings. The van der Waals surface area contributed by atoms with E-state index in [1.165, 1.54) is 23.6 Å². The Bertz CT molecular complexity index is 995. The lowest BCUT2D eigenvalue weighted by atomic mass is 10.1. The molecule has 0 fully saturated rings. The maximum atomic E-state index is 12.0. The highest BCUT2D eigenvalue weighted by Crippen LogP contribution is 2.25. The molecule has 0 spiro atoms. The van der Waals surface area contributed by atoms with Gasteiger partial charge in [-0.1, -0.05) is 12.1 Å². The smallest absolute Gasteiger partial charge is 0.267 e. The average Bonchev–Trinajstić information content (AvgIpc) is 3.13. The summed E-state index contributed by atoms with van der Waals surface area (Å²) in [6.45, 7) is 5.51. The van der Waals surface area contributed by atoms with Crippen molar-refractivity contribution in [2.24, 2.45) is 10.7 Å². The summed E-state index contributed by atoms with van der Waals surface area (Å²) >= 11 is 1.25. The number of nitrogens with two attached hydrogens (primary N) is 1. The van der Waals surface area contributed by atoms with E-state index in [9.17, 15) is 9.59 Å². The van der Waals surface area contributed by atoms with Crippen LogP contribution >= 0.6 is 11.3 Å². The normalized spacial score (nSPS) is 11.9. The molecule has 8 nitrogen and oxygen atoms in total. The number of nitrogens with zero attached hydrogens (tertiary/aromatic N) is 3. The number of amides is 2. The molecule has 9 heteroatoms. The molecule has 0 saturated carbocycles. The van der Waals surface area contributed by atoms with Gasteiger partial charge in [-0.15, -0.1) is 11.3 Å². The van der Waals surface area contributed by atoms with Crippen LogP contribution in [-0.4, -0.2) is 35.1 Å². The largest absolute Gasteiger partial charge is 0.394 e. The van der Waals surface area contributed by atoms with Gasteiger partial charge in [-0.25, -0.2) is 4.98 Å². The maximum Gasteiger partial charge on any atom is 0.267 e. The van der Waals surface area contributed by atoms with Crippen molar-refractivity contribution in [2.75, 3.05) is 11.9 Å². The van der Waals surface area contributed by atoms with Crippen LogP contribution in [0.5, 0.6) is 0 Å². The average molecular weight is 411 g/mol. The fraction of sp³-hybridized carbons (Fsp3) is 0.250. The van der Waals surface area contributed by atoms with Crippen molar-refractivity contribution >= 4 is 34.5 Å². The Morgan fingerprint density at radius 1 is 1.38 bits per heavy atom. The zero-order chi connectivity index (χ0) is 21.4. The van der Waals surface area contributed by atoms with Crippen molar-refractivity contribution < 1.29 is 9.59 Å². The van der Waals surface area contributed by atoms with Crippen LogP contribution in [0.1, 0.15) is 26.3 Å². The first-order valence-corrected chi connectivity index (χ1v) is 9.61. The minimum absolute atomic E-state index is 0.0419. The molecule has 150 valence electrons. The minimum Gasteiger partial charge on any atom is -0.394 e. The van der Waals surface area contributed by atoms with Gasteiger partial charge in [-0.2, -0.15) is 5.26 Å². The first-order valence-electron chi connectivity index (χ1n) is 8.73. The third-order valence-electron chi connectivity index (χ3n) is 3.43. The lowest BCUT2D eigenvalue weighted by Gasteiger charge is -2.10. The number of thiazole rings is 1. The highest BCUT2D eigenvalue weighted by atomic mass is 32.1. The van der Waals surface area contributed by atoms with Gasteiger partial charge in [0.15, 0.2) is 5.13 Å². The van der Waals surface area contributed by atoms with Gasteiger partial charge in [0.05, 0.1) is 35.1 Å². The first kappa shape index (κ1) is 21.8. The van der Waals surface area contributed by atoms with E-state index in [0.29, 0.717) is 16.4 Å². The summed E-state index contributed by atoms with van der Waals surface area (Å²) in [4.78, 5) is 32.5. The zero-order valence-electron chi connectivity index (χ0n) is 16.4. The summed E-state index contributed by atoms with van der Waals surface area (Å²) in [5.74, 6) is -0.991. The van der Waals surface area contributed by atoms with Crippen LogP contribution in [0, 0.1) is 11.3 Å². The molecule has 0 bridgehead atoms. The van der Waals surface area contributed by atoms with Gasteiger partial charge < -0.3 is 16.4 Å². The molecule has 0 atom stereocenters. The van der Waals surface area contributed by atoms with Gasteiger partial charge in [0.1, 0.15) is 0 Å². The van der Waals surface area contributed by atoms with E-state index >= 15 is 0 Å². The van der Waals surface area contributed by atoms with Crippen LogP contribution in [0.4, 0.5) is 5.13 Å². The monoisotopic (exact) mass is 410 g/mol. The molecule has 0 radical (unpaired) electrons. The highest BCUT2D eigenvalue weighted by molar-refractivity contribution is 7.14. The summed E-state index contributed by atoms with van der Waals surface area (Å²) in [5, 5.41) is 16.2. The number of nitrogens with one attached hydrogen (secondary N) is 2. The van der Waals surface area contributed by atoms with Gasteiger partial charge in [-0.3, -0.25) is 14.6 Å². The Hall–Kier alpha value is -3.51. The van der Waals surface area contributed by atoms with E-state index in [0.717, 1.165) is 5.56 Å². The number of carbonyl (C=O) groups excluding carboxylic acids is 2. The quantitative estimate of drug-likeness (QED) is 0.497. The summed E-state index contributed by atoms with van der Waals surface area (Å²) in [7, 11) is 0. The first-order chi connectivity index (χ1) is 13.7. The molecular weight excluding hydrogens is 388 g/mol. The number of hydrogen-bond acceptors (Lipinski definition) is 7. The van der Waals surface area contributed by atoms with Crippen molar-refractivity contribution in [2.45, 2.75) is 26.3 Å². The predicted molar refractivity (Wildman–Crippen MR) is 114 cm³/mol. The topological polar surface area (TPSA) is 133 Å². The molecule has 4 N–H and O–H groups in total. The van der Waals surface area contributed by atoms with E-state index in [1.54, 1.807) is 23.6 Å². The molecule has 0 saturated heterocycles. The number of anilines is 1. The lowest BCUT2D eigenvalue weighted by Crippen LogP contribution is -2.35. The van der Waals surface area contributed by atoms with Crippen LogP contribution < -0.4 is 16.4 Å². The fourth-order valence-electron chi connectivity index (χ4n) is 2.05. The molecule has 1 aromatic carbocycles. The van der Waals surface area contributed by atoms with Crippen molar-refractivity contribution in [3.63, 3.8) is 0 Å². The number of aromatic nitrogens is 1. The Labute approximate surface area is 173 Å². The van der Waals surface area contributed by atoms with Gasteiger partial charge in [0, 0.05) is 17.2 Å². The molecule has 0 aliphatic rings. The number of carbonyl (C=O) groups is 2. The van der Waals surface area contributed by atoms with Crippen LogP contribution in [0.3, 0.4) is 0 Å². The van der Waals surface area contributed by atoms with Gasteiger partial charge in [0.25, 0.3) is 5.91 Å². The molecule has 0 aliphatic heterocycles. The molecule has 29 heavy (non-hydrogen) atoms. The third-order valence-corrected chi connectivity index (χ3v) is 4.18. The Morgan fingerprint density at radius 3 is 2.83 bits per heavy atom. The van der Waals surface area contributed by atoms with Crippen molar-refractivity contribution in [1.82, 2.24) is 10.3 Å². The van der Waals surface area contributed by atoms with Crippen LogP contribution in [-0.2, 0) is 9.59 Å². The number of allylic oxidation sites excluding steroid dienone is 1. The molecule has 1 heterocycles. The van der Waals surface area contributed by atoms with E-state index in [-0.39, 0.29) is 17.8 Å². The van der Waals surface area contributed by atoms with Gasteiger partial charge >= 0.3 is 0 Å². The molecular formula is C20H22N6O2S. The third kappa shape index (κ3) is 7.20. The Balaban J connectivity index is 1.89. The summed E-state index contributed by atoms with van der Waals surface area (Å²) in [6, 6.07) is 9.10. The van der Waals surface area contributed by atoms with Gasteiger partial charge in [0.2, 0.25) is 5.91 Å². The second-order valence-electron chi connectivity index (χ2n) is 7.03. The fourth-order valence-corrected chi connectivity index (χ4v) is 2.79. The van der Waals surface area contributed by atoms with E-state index in [1.807, 2.05) is 26.8 Å².